The molecule has 18 heavy (non-hydrogen) atoms. The summed E-state index contributed by atoms with van der Waals surface area (Å²) < 4.78 is 0. The smallest absolute Gasteiger partial charge is 0.252 e. The van der Waals surface area contributed by atoms with E-state index in [1.165, 1.54) is 11.3 Å². The standard InChI is InChI=1S/C14H19NO2S/c1-14(2,3)10-15-13(17)11-8-12(18-9-11)6-4-5-7-16/h8-9,16H,5,7,10H2,1-3H3,(H,15,17). The van der Waals surface area contributed by atoms with Crippen LogP contribution in [-0.4, -0.2) is 24.2 Å². The summed E-state index contributed by atoms with van der Waals surface area (Å²) in [7, 11) is 0. The molecule has 0 saturated carbocycles. The molecule has 0 saturated heterocycles. The van der Waals surface area contributed by atoms with Crippen molar-refractivity contribution in [2.75, 3.05) is 13.2 Å². The minimum absolute atomic E-state index is 0.0589. The van der Waals surface area contributed by atoms with Crippen LogP contribution in [0.4, 0.5) is 0 Å². The lowest BCUT2D eigenvalue weighted by atomic mass is 9.97. The number of rotatable bonds is 3. The Bertz CT molecular complexity index is 460. The Balaban J connectivity index is 2.58. The van der Waals surface area contributed by atoms with E-state index in [4.69, 9.17) is 5.11 Å². The molecule has 0 radical (unpaired) electrons. The lowest BCUT2D eigenvalue weighted by Gasteiger charge is -2.18. The molecule has 0 fully saturated rings. The van der Waals surface area contributed by atoms with E-state index >= 15 is 0 Å². The highest BCUT2D eigenvalue weighted by molar-refractivity contribution is 7.10. The SMILES string of the molecule is CC(C)(C)CNC(=O)c1csc(C#CCCO)c1. The topological polar surface area (TPSA) is 49.3 Å². The third-order valence-corrected chi connectivity index (χ3v) is 2.93. The molecule has 0 aromatic carbocycles. The van der Waals surface area contributed by atoms with Gasteiger partial charge in [-0.1, -0.05) is 32.6 Å². The van der Waals surface area contributed by atoms with Crippen LogP contribution in [0.1, 0.15) is 42.4 Å². The number of nitrogens with one attached hydrogen (secondary N) is 1. The Labute approximate surface area is 112 Å². The van der Waals surface area contributed by atoms with Crippen molar-refractivity contribution in [2.24, 2.45) is 5.41 Å². The van der Waals surface area contributed by atoms with Gasteiger partial charge in [0, 0.05) is 18.3 Å². The van der Waals surface area contributed by atoms with Gasteiger partial charge in [-0.05, 0) is 11.5 Å². The molecule has 3 nitrogen and oxygen atoms in total. The highest BCUT2D eigenvalue weighted by atomic mass is 32.1. The normalized spacial score (nSPS) is 10.7. The summed E-state index contributed by atoms with van der Waals surface area (Å²) >= 11 is 1.45. The fourth-order valence-electron chi connectivity index (χ4n) is 1.17. The molecule has 0 aliphatic carbocycles. The van der Waals surface area contributed by atoms with Gasteiger partial charge in [0.25, 0.3) is 5.91 Å². The van der Waals surface area contributed by atoms with Crippen LogP contribution < -0.4 is 5.32 Å². The highest BCUT2D eigenvalue weighted by Crippen LogP contribution is 2.15. The molecule has 0 bridgehead atoms. The molecule has 0 atom stereocenters. The Kier molecular flexibility index (Phi) is 5.39. The molecule has 1 aromatic rings. The Morgan fingerprint density at radius 2 is 2.22 bits per heavy atom. The van der Waals surface area contributed by atoms with Crippen LogP contribution in [0.15, 0.2) is 11.4 Å². The predicted octanol–water partition coefficient (Wildman–Crippen LogP) is 2.26. The summed E-state index contributed by atoms with van der Waals surface area (Å²) in [5.41, 5.74) is 0.729. The first kappa shape index (κ1) is 14.7. The number of carbonyl (C=O) groups is 1. The minimum Gasteiger partial charge on any atom is -0.395 e. The summed E-state index contributed by atoms with van der Waals surface area (Å²) in [6.07, 6.45) is 0.462. The molecule has 0 aliphatic heterocycles. The Morgan fingerprint density at radius 1 is 1.50 bits per heavy atom. The number of thiophene rings is 1. The van der Waals surface area contributed by atoms with Crippen molar-refractivity contribution in [3.63, 3.8) is 0 Å². The molecule has 1 amide bonds. The van der Waals surface area contributed by atoms with Crippen molar-refractivity contribution in [1.29, 1.82) is 0 Å². The lowest BCUT2D eigenvalue weighted by Crippen LogP contribution is -2.31. The van der Waals surface area contributed by atoms with Crippen molar-refractivity contribution in [2.45, 2.75) is 27.2 Å². The number of aliphatic hydroxyl groups is 1. The summed E-state index contributed by atoms with van der Waals surface area (Å²) in [5, 5.41) is 13.3. The van der Waals surface area contributed by atoms with Gasteiger partial charge in [-0.2, -0.15) is 0 Å². The third-order valence-electron chi connectivity index (χ3n) is 2.09. The third kappa shape index (κ3) is 5.35. The van der Waals surface area contributed by atoms with Gasteiger partial charge < -0.3 is 10.4 Å². The van der Waals surface area contributed by atoms with E-state index in [1.54, 1.807) is 11.4 Å². The quantitative estimate of drug-likeness (QED) is 0.824. The summed E-state index contributed by atoms with van der Waals surface area (Å²) in [6.45, 7) is 6.94. The zero-order valence-corrected chi connectivity index (χ0v) is 11.9. The van der Waals surface area contributed by atoms with E-state index in [9.17, 15) is 4.79 Å². The molecule has 1 aromatic heterocycles. The van der Waals surface area contributed by atoms with Crippen LogP contribution in [0.5, 0.6) is 0 Å². The van der Waals surface area contributed by atoms with Crippen LogP contribution >= 0.6 is 11.3 Å². The molecule has 4 heteroatoms. The average molecular weight is 265 g/mol. The van der Waals surface area contributed by atoms with Crippen LogP contribution in [0.2, 0.25) is 0 Å². The van der Waals surface area contributed by atoms with Crippen molar-refractivity contribution >= 4 is 17.2 Å². The second-order valence-corrected chi connectivity index (χ2v) is 6.13. The Morgan fingerprint density at radius 3 is 2.83 bits per heavy atom. The molecule has 2 N–H and O–H groups in total. The molecule has 0 unspecified atom stereocenters. The molecule has 1 rings (SSSR count). The molecular weight excluding hydrogens is 246 g/mol. The molecule has 0 aliphatic rings. The fraction of sp³-hybridized carbons (Fsp3) is 0.500. The van der Waals surface area contributed by atoms with Crippen LogP contribution in [0, 0.1) is 17.3 Å². The number of hydrogen-bond donors (Lipinski definition) is 2. The first-order chi connectivity index (χ1) is 8.42. The van der Waals surface area contributed by atoms with E-state index in [1.807, 2.05) is 0 Å². The van der Waals surface area contributed by atoms with Crippen molar-refractivity contribution in [3.8, 4) is 11.8 Å². The van der Waals surface area contributed by atoms with E-state index in [0.717, 1.165) is 4.88 Å². The van der Waals surface area contributed by atoms with Gasteiger partial charge in [-0.3, -0.25) is 4.79 Å². The molecule has 1 heterocycles. The fourth-order valence-corrected chi connectivity index (χ4v) is 1.93. The zero-order valence-electron chi connectivity index (χ0n) is 11.0. The first-order valence-corrected chi connectivity index (χ1v) is 6.77. The van der Waals surface area contributed by atoms with Gasteiger partial charge in [0.15, 0.2) is 0 Å². The van der Waals surface area contributed by atoms with Crippen LogP contribution in [0.3, 0.4) is 0 Å². The first-order valence-electron chi connectivity index (χ1n) is 5.89. The van der Waals surface area contributed by atoms with Gasteiger partial charge in [0.1, 0.15) is 0 Å². The second kappa shape index (κ2) is 6.58. The number of carbonyl (C=O) groups excluding carboxylic acids is 1. The maximum atomic E-state index is 11.8. The second-order valence-electron chi connectivity index (χ2n) is 5.22. The van der Waals surface area contributed by atoms with Crippen LogP contribution in [0.25, 0.3) is 0 Å². The molecule has 98 valence electrons. The highest BCUT2D eigenvalue weighted by Gasteiger charge is 2.13. The summed E-state index contributed by atoms with van der Waals surface area (Å²) in [6, 6.07) is 1.78. The van der Waals surface area contributed by atoms with E-state index in [0.29, 0.717) is 18.5 Å². The van der Waals surface area contributed by atoms with Gasteiger partial charge in [0.2, 0.25) is 0 Å². The molecule has 0 spiro atoms. The monoisotopic (exact) mass is 265 g/mol. The van der Waals surface area contributed by atoms with E-state index in [-0.39, 0.29) is 17.9 Å². The summed E-state index contributed by atoms with van der Waals surface area (Å²) in [5.74, 6) is 5.70. The lowest BCUT2D eigenvalue weighted by molar-refractivity contribution is 0.0940. The minimum atomic E-state index is -0.0589. The van der Waals surface area contributed by atoms with Gasteiger partial charge in [0.05, 0.1) is 17.0 Å². The summed E-state index contributed by atoms with van der Waals surface area (Å²) in [4.78, 5) is 12.7. The number of aliphatic hydroxyl groups excluding tert-OH is 1. The van der Waals surface area contributed by atoms with Gasteiger partial charge in [-0.25, -0.2) is 0 Å². The largest absolute Gasteiger partial charge is 0.395 e. The van der Waals surface area contributed by atoms with Crippen molar-refractivity contribution in [3.05, 3.63) is 21.9 Å². The van der Waals surface area contributed by atoms with E-state index in [2.05, 4.69) is 37.9 Å². The van der Waals surface area contributed by atoms with E-state index < -0.39 is 0 Å². The van der Waals surface area contributed by atoms with Crippen molar-refractivity contribution < 1.29 is 9.90 Å². The zero-order chi connectivity index (χ0) is 13.6. The number of hydrogen-bond acceptors (Lipinski definition) is 3. The van der Waals surface area contributed by atoms with Crippen molar-refractivity contribution in [1.82, 2.24) is 5.32 Å². The predicted molar refractivity (Wildman–Crippen MR) is 74.7 cm³/mol. The maximum absolute atomic E-state index is 11.8. The van der Waals surface area contributed by atoms with Gasteiger partial charge in [-0.15, -0.1) is 11.3 Å². The van der Waals surface area contributed by atoms with Crippen LogP contribution in [-0.2, 0) is 0 Å². The Hall–Kier alpha value is -1.31. The molecular formula is C14H19NO2S. The average Bonchev–Trinajstić information content (AvgIpc) is 2.74. The van der Waals surface area contributed by atoms with Gasteiger partial charge >= 0.3 is 0 Å². The number of amides is 1. The maximum Gasteiger partial charge on any atom is 0.252 e.